The third-order valence-electron chi connectivity index (χ3n) is 2.71. The van der Waals surface area contributed by atoms with Crippen LogP contribution in [0.2, 0.25) is 0 Å². The van der Waals surface area contributed by atoms with E-state index in [0.29, 0.717) is 17.3 Å². The number of ether oxygens (including phenoxy) is 1. The molecule has 2 rings (SSSR count). The highest BCUT2D eigenvalue weighted by molar-refractivity contribution is 6.07. The zero-order chi connectivity index (χ0) is 13.3. The van der Waals surface area contributed by atoms with E-state index in [2.05, 4.69) is 10.1 Å². The second-order valence-corrected chi connectivity index (χ2v) is 4.29. The lowest BCUT2D eigenvalue weighted by molar-refractivity contribution is 0.101. The molecule has 0 N–H and O–H groups in total. The van der Waals surface area contributed by atoms with Crippen LogP contribution in [0.1, 0.15) is 36.2 Å². The highest BCUT2D eigenvalue weighted by atomic mass is 16.5. The van der Waals surface area contributed by atoms with E-state index in [0.717, 1.165) is 0 Å². The average molecular weight is 248 g/mol. The molecule has 0 radical (unpaired) electrons. The molecule has 0 fully saturated rings. The number of carbonyl (C=O) groups is 1. The van der Waals surface area contributed by atoms with Crippen LogP contribution >= 0.6 is 0 Å². The molecule has 0 saturated heterocycles. The maximum absolute atomic E-state index is 12.5. The number of aromatic nitrogens is 4. The zero-order valence-electron chi connectivity index (χ0n) is 10.9. The van der Waals surface area contributed by atoms with Gasteiger partial charge in [-0.3, -0.25) is 9.48 Å². The summed E-state index contributed by atoms with van der Waals surface area (Å²) in [4.78, 5) is 16.5. The first-order chi connectivity index (χ1) is 8.56. The molecule has 6 heteroatoms. The van der Waals surface area contributed by atoms with Gasteiger partial charge in [0.15, 0.2) is 17.3 Å². The van der Waals surface area contributed by atoms with Crippen molar-refractivity contribution >= 4 is 5.78 Å². The van der Waals surface area contributed by atoms with Gasteiger partial charge in [-0.2, -0.15) is 5.10 Å². The first kappa shape index (κ1) is 12.3. The fourth-order valence-electron chi connectivity index (χ4n) is 1.79. The predicted octanol–water partition coefficient (Wildman–Crippen LogP) is 1.44. The Hall–Kier alpha value is -2.11. The SMILES string of the molecule is COc1cnn(C(C)C)c1C(=O)c1nccn1C. The van der Waals surface area contributed by atoms with Crippen molar-refractivity contribution in [2.75, 3.05) is 7.11 Å². The number of rotatable bonds is 4. The molecule has 18 heavy (non-hydrogen) atoms. The zero-order valence-corrected chi connectivity index (χ0v) is 10.9. The van der Waals surface area contributed by atoms with Gasteiger partial charge in [0.1, 0.15) is 0 Å². The molecule has 0 aliphatic heterocycles. The molecule has 0 spiro atoms. The molecule has 0 unspecified atom stereocenters. The van der Waals surface area contributed by atoms with Crippen LogP contribution < -0.4 is 4.74 Å². The monoisotopic (exact) mass is 248 g/mol. The molecule has 2 aromatic rings. The van der Waals surface area contributed by atoms with Crippen molar-refractivity contribution in [1.29, 1.82) is 0 Å². The lowest BCUT2D eigenvalue weighted by atomic mass is 10.2. The van der Waals surface area contributed by atoms with Gasteiger partial charge in [0.05, 0.1) is 13.3 Å². The highest BCUT2D eigenvalue weighted by Gasteiger charge is 2.24. The number of hydrogen-bond donors (Lipinski definition) is 0. The van der Waals surface area contributed by atoms with Crippen molar-refractivity contribution in [3.05, 3.63) is 30.1 Å². The largest absolute Gasteiger partial charge is 0.493 e. The number of hydrogen-bond acceptors (Lipinski definition) is 4. The summed E-state index contributed by atoms with van der Waals surface area (Å²) in [5.41, 5.74) is 0.432. The third-order valence-corrected chi connectivity index (χ3v) is 2.71. The lowest BCUT2D eigenvalue weighted by Gasteiger charge is -2.11. The number of carbonyl (C=O) groups excluding carboxylic acids is 1. The van der Waals surface area contributed by atoms with Gasteiger partial charge < -0.3 is 9.30 Å². The first-order valence-corrected chi connectivity index (χ1v) is 5.69. The molecule has 0 bridgehead atoms. The molecule has 2 heterocycles. The van der Waals surface area contributed by atoms with Crippen molar-refractivity contribution in [2.45, 2.75) is 19.9 Å². The Labute approximate surface area is 105 Å². The number of aryl methyl sites for hydroxylation is 1. The molecule has 96 valence electrons. The second-order valence-electron chi connectivity index (χ2n) is 4.29. The summed E-state index contributed by atoms with van der Waals surface area (Å²) in [6.45, 7) is 3.92. The minimum Gasteiger partial charge on any atom is -0.493 e. The van der Waals surface area contributed by atoms with Crippen LogP contribution in [0, 0.1) is 0 Å². The number of ketones is 1. The Bertz CT molecular complexity index is 568. The molecule has 0 aromatic carbocycles. The van der Waals surface area contributed by atoms with Gasteiger partial charge in [0, 0.05) is 25.5 Å². The molecule has 0 aliphatic carbocycles. The fraction of sp³-hybridized carbons (Fsp3) is 0.417. The molecule has 0 atom stereocenters. The van der Waals surface area contributed by atoms with E-state index in [9.17, 15) is 4.79 Å². The standard InChI is InChI=1S/C12H16N4O2/c1-8(2)16-10(9(18-4)7-14-16)11(17)12-13-5-6-15(12)3/h5-8H,1-4H3. The van der Waals surface area contributed by atoms with Gasteiger partial charge >= 0.3 is 0 Å². The summed E-state index contributed by atoms with van der Waals surface area (Å²) in [6.07, 6.45) is 4.88. The molecule has 0 saturated carbocycles. The maximum Gasteiger partial charge on any atom is 0.250 e. The summed E-state index contributed by atoms with van der Waals surface area (Å²) in [5, 5.41) is 4.18. The molecule has 2 aromatic heterocycles. The Morgan fingerprint density at radius 2 is 2.17 bits per heavy atom. The molecule has 6 nitrogen and oxygen atoms in total. The average Bonchev–Trinajstić information content (AvgIpc) is 2.93. The number of methoxy groups -OCH3 is 1. The van der Waals surface area contributed by atoms with Crippen LogP contribution in [0.4, 0.5) is 0 Å². The molecular formula is C12H16N4O2. The summed E-state index contributed by atoms with van der Waals surface area (Å²) in [6, 6.07) is 0.0770. The van der Waals surface area contributed by atoms with E-state index < -0.39 is 0 Å². The van der Waals surface area contributed by atoms with Crippen molar-refractivity contribution in [1.82, 2.24) is 19.3 Å². The van der Waals surface area contributed by atoms with Gasteiger partial charge in [0.25, 0.3) is 0 Å². The van der Waals surface area contributed by atoms with Crippen LogP contribution in [0.3, 0.4) is 0 Å². The Kier molecular flexibility index (Phi) is 3.18. The van der Waals surface area contributed by atoms with E-state index >= 15 is 0 Å². The minimum atomic E-state index is -0.189. The summed E-state index contributed by atoms with van der Waals surface area (Å²) in [5.74, 6) is 0.651. The van der Waals surface area contributed by atoms with Crippen LogP contribution in [0.5, 0.6) is 5.75 Å². The van der Waals surface area contributed by atoms with Gasteiger partial charge in [-0.05, 0) is 13.8 Å². The van der Waals surface area contributed by atoms with E-state index in [-0.39, 0.29) is 11.8 Å². The maximum atomic E-state index is 12.5. The second kappa shape index (κ2) is 4.64. The molecular weight excluding hydrogens is 232 g/mol. The van der Waals surface area contributed by atoms with Crippen molar-refractivity contribution in [3.8, 4) is 5.75 Å². The van der Waals surface area contributed by atoms with Crippen molar-refractivity contribution < 1.29 is 9.53 Å². The topological polar surface area (TPSA) is 61.9 Å². The van der Waals surface area contributed by atoms with Crippen molar-refractivity contribution in [3.63, 3.8) is 0 Å². The predicted molar refractivity (Wildman–Crippen MR) is 65.8 cm³/mol. The summed E-state index contributed by atoms with van der Waals surface area (Å²) >= 11 is 0. The van der Waals surface area contributed by atoms with Gasteiger partial charge in [0.2, 0.25) is 5.78 Å². The summed E-state index contributed by atoms with van der Waals surface area (Å²) in [7, 11) is 3.31. The van der Waals surface area contributed by atoms with E-state index in [4.69, 9.17) is 4.74 Å². The lowest BCUT2D eigenvalue weighted by Crippen LogP contribution is -2.17. The normalized spacial score (nSPS) is 10.9. The summed E-state index contributed by atoms with van der Waals surface area (Å²) < 4.78 is 8.52. The fourth-order valence-corrected chi connectivity index (χ4v) is 1.79. The Balaban J connectivity index is 2.53. The van der Waals surface area contributed by atoms with E-state index in [1.54, 1.807) is 34.9 Å². The Morgan fingerprint density at radius 1 is 1.44 bits per heavy atom. The number of imidazole rings is 1. The quantitative estimate of drug-likeness (QED) is 0.768. The molecule has 0 aliphatic rings. The Morgan fingerprint density at radius 3 is 2.67 bits per heavy atom. The third kappa shape index (κ3) is 1.90. The van der Waals surface area contributed by atoms with Gasteiger partial charge in [-0.1, -0.05) is 0 Å². The smallest absolute Gasteiger partial charge is 0.250 e. The van der Waals surface area contributed by atoms with E-state index in [1.807, 2.05) is 13.8 Å². The molecule has 0 amide bonds. The first-order valence-electron chi connectivity index (χ1n) is 5.69. The highest BCUT2D eigenvalue weighted by Crippen LogP contribution is 2.23. The number of nitrogens with zero attached hydrogens (tertiary/aromatic N) is 4. The van der Waals surface area contributed by atoms with Gasteiger partial charge in [-0.15, -0.1) is 0 Å². The van der Waals surface area contributed by atoms with Crippen molar-refractivity contribution in [2.24, 2.45) is 7.05 Å². The van der Waals surface area contributed by atoms with Crippen LogP contribution in [-0.2, 0) is 7.05 Å². The van der Waals surface area contributed by atoms with Crippen LogP contribution in [0.25, 0.3) is 0 Å². The van der Waals surface area contributed by atoms with Gasteiger partial charge in [-0.25, -0.2) is 4.98 Å². The van der Waals surface area contributed by atoms with Crippen LogP contribution in [-0.4, -0.2) is 32.2 Å². The van der Waals surface area contributed by atoms with Crippen LogP contribution in [0.15, 0.2) is 18.6 Å². The minimum absolute atomic E-state index is 0.0770. The van der Waals surface area contributed by atoms with E-state index in [1.165, 1.54) is 7.11 Å².